The van der Waals surface area contributed by atoms with E-state index in [-0.39, 0.29) is 47.3 Å². The minimum Gasteiger partial charge on any atom is -0.382 e. The first kappa shape index (κ1) is 27.8. The van der Waals surface area contributed by atoms with Crippen LogP contribution in [-0.2, 0) is 9.59 Å². The molecule has 1 aliphatic rings. The number of hydrogen-bond donors (Lipinski definition) is 1. The number of aromatic nitrogens is 5. The lowest BCUT2D eigenvalue weighted by molar-refractivity contribution is -0.156. The first-order valence-corrected chi connectivity index (χ1v) is 12.5. The van der Waals surface area contributed by atoms with Crippen LogP contribution in [0.1, 0.15) is 26.8 Å². The molecule has 2 N–H and O–H groups in total. The van der Waals surface area contributed by atoms with E-state index in [1.807, 2.05) is 0 Å². The van der Waals surface area contributed by atoms with Crippen molar-refractivity contribution in [3.05, 3.63) is 61.3 Å². The number of hydrogen-bond acceptors (Lipinski definition) is 6. The standard InChI is InChI=1S/C27H26F4N8O2/c1-5-22(27(29,30)31)38-19(8-9-34-38)17-13-20(39-23(17)24(32)33-14-35-39)16-6-7-18(28)21(12-16)36-10-11-37(15(2)40)26(3,4)25(36)41/h5-9,12-14,22H,1,10-11H2,2-4H3,(H2,32,33,35)/t22-/m0/s1. The highest BCUT2D eigenvalue weighted by Crippen LogP contribution is 2.40. The lowest BCUT2D eigenvalue weighted by Crippen LogP contribution is -2.64. The average molecular weight is 571 g/mol. The summed E-state index contributed by atoms with van der Waals surface area (Å²) in [6.45, 7) is 8.15. The number of piperazine rings is 1. The monoisotopic (exact) mass is 570 g/mol. The third kappa shape index (κ3) is 4.48. The van der Waals surface area contributed by atoms with Crippen LogP contribution in [0.2, 0.25) is 0 Å². The molecule has 2 amide bonds. The quantitative estimate of drug-likeness (QED) is 0.284. The zero-order valence-electron chi connectivity index (χ0n) is 22.4. The maximum atomic E-state index is 15.2. The number of fused-ring (bicyclic) bond motifs is 1. The van der Waals surface area contributed by atoms with Crippen LogP contribution < -0.4 is 10.6 Å². The summed E-state index contributed by atoms with van der Waals surface area (Å²) in [5, 5.41) is 8.15. The summed E-state index contributed by atoms with van der Waals surface area (Å²) >= 11 is 0. The van der Waals surface area contributed by atoms with Crippen molar-refractivity contribution < 1.29 is 27.2 Å². The van der Waals surface area contributed by atoms with Crippen molar-refractivity contribution in [3.63, 3.8) is 0 Å². The maximum Gasteiger partial charge on any atom is 0.414 e. The molecule has 0 bridgehead atoms. The molecular weight excluding hydrogens is 544 g/mol. The van der Waals surface area contributed by atoms with Gasteiger partial charge in [0, 0.05) is 37.3 Å². The number of carbonyl (C=O) groups is 2. The number of anilines is 2. The third-order valence-corrected chi connectivity index (χ3v) is 7.25. The zero-order chi connectivity index (χ0) is 29.9. The Bertz CT molecular complexity index is 1690. The smallest absolute Gasteiger partial charge is 0.382 e. The van der Waals surface area contributed by atoms with Crippen LogP contribution >= 0.6 is 0 Å². The molecule has 214 valence electrons. The molecule has 0 saturated carbocycles. The van der Waals surface area contributed by atoms with Crippen LogP contribution in [0.4, 0.5) is 29.1 Å². The first-order chi connectivity index (χ1) is 19.3. The molecule has 1 aliphatic heterocycles. The number of nitrogen functional groups attached to an aromatic ring is 1. The second-order valence-electron chi connectivity index (χ2n) is 10.1. The molecule has 14 heteroatoms. The molecule has 0 spiro atoms. The van der Waals surface area contributed by atoms with E-state index in [2.05, 4.69) is 21.8 Å². The number of nitrogens with two attached hydrogens (primary N) is 1. The highest BCUT2D eigenvalue weighted by molar-refractivity contribution is 6.03. The van der Waals surface area contributed by atoms with Crippen LogP contribution in [-0.4, -0.2) is 65.9 Å². The molecule has 10 nitrogen and oxygen atoms in total. The number of halogens is 4. The summed E-state index contributed by atoms with van der Waals surface area (Å²) in [4.78, 5) is 32.2. The van der Waals surface area contributed by atoms with E-state index in [4.69, 9.17) is 5.73 Å². The van der Waals surface area contributed by atoms with Crippen LogP contribution in [0.5, 0.6) is 0 Å². The van der Waals surface area contributed by atoms with E-state index in [1.165, 1.54) is 58.0 Å². The largest absolute Gasteiger partial charge is 0.414 e. The summed E-state index contributed by atoms with van der Waals surface area (Å²) in [5.74, 6) is -1.41. The summed E-state index contributed by atoms with van der Waals surface area (Å²) in [6.07, 6.45) is -1.51. The molecule has 41 heavy (non-hydrogen) atoms. The average Bonchev–Trinajstić information content (AvgIpc) is 3.51. The number of rotatable bonds is 5. The van der Waals surface area contributed by atoms with Crippen LogP contribution in [0.3, 0.4) is 0 Å². The Kier molecular flexibility index (Phi) is 6.59. The van der Waals surface area contributed by atoms with Gasteiger partial charge in [-0.2, -0.15) is 23.4 Å². The second-order valence-corrected chi connectivity index (χ2v) is 10.1. The molecule has 4 aromatic rings. The molecule has 0 aliphatic carbocycles. The van der Waals surface area contributed by atoms with Gasteiger partial charge in [-0.05, 0) is 44.2 Å². The Morgan fingerprint density at radius 1 is 1.15 bits per heavy atom. The zero-order valence-corrected chi connectivity index (χ0v) is 22.4. The highest BCUT2D eigenvalue weighted by atomic mass is 19.4. The third-order valence-electron chi connectivity index (χ3n) is 7.25. The Labute approximate surface area is 231 Å². The predicted molar refractivity (Wildman–Crippen MR) is 143 cm³/mol. The summed E-state index contributed by atoms with van der Waals surface area (Å²) in [7, 11) is 0. The Balaban J connectivity index is 1.66. The van der Waals surface area contributed by atoms with E-state index in [0.29, 0.717) is 11.3 Å². The van der Waals surface area contributed by atoms with Crippen molar-refractivity contribution in [2.45, 2.75) is 38.5 Å². The number of nitrogens with zero attached hydrogens (tertiary/aromatic N) is 7. The van der Waals surface area contributed by atoms with Gasteiger partial charge in [-0.3, -0.25) is 9.59 Å². The Morgan fingerprint density at radius 3 is 2.54 bits per heavy atom. The van der Waals surface area contributed by atoms with Gasteiger partial charge in [0.2, 0.25) is 5.91 Å². The van der Waals surface area contributed by atoms with Gasteiger partial charge in [-0.15, -0.1) is 6.58 Å². The lowest BCUT2D eigenvalue weighted by atomic mass is 9.96. The van der Waals surface area contributed by atoms with Crippen LogP contribution in [0.15, 0.2) is 55.5 Å². The Hall–Kier alpha value is -4.75. The van der Waals surface area contributed by atoms with Gasteiger partial charge in [-0.1, -0.05) is 6.08 Å². The molecule has 0 radical (unpaired) electrons. The second kappa shape index (κ2) is 9.71. The van der Waals surface area contributed by atoms with Gasteiger partial charge in [0.25, 0.3) is 5.91 Å². The van der Waals surface area contributed by atoms with Crippen molar-refractivity contribution in [2.75, 3.05) is 23.7 Å². The SMILES string of the molecule is C=C[C@H](n1nccc1-c1cc(-c2ccc(F)c(N3CCN(C(C)=O)C(C)(C)C3=O)c2)n2ncnc(N)c12)C(F)(F)F. The summed E-state index contributed by atoms with van der Waals surface area (Å²) in [6, 6.07) is 4.95. The van der Waals surface area contributed by atoms with Crippen LogP contribution in [0.25, 0.3) is 28.0 Å². The Morgan fingerprint density at radius 2 is 1.88 bits per heavy atom. The number of carbonyl (C=O) groups excluding carboxylic acids is 2. The first-order valence-electron chi connectivity index (χ1n) is 12.5. The molecule has 5 rings (SSSR count). The van der Waals surface area contributed by atoms with E-state index in [9.17, 15) is 22.8 Å². The minimum atomic E-state index is -4.67. The highest BCUT2D eigenvalue weighted by Gasteiger charge is 2.44. The fourth-order valence-electron chi connectivity index (χ4n) is 5.28. The predicted octanol–water partition coefficient (Wildman–Crippen LogP) is 4.24. The minimum absolute atomic E-state index is 0.00391. The maximum absolute atomic E-state index is 15.2. The van der Waals surface area contributed by atoms with Gasteiger partial charge < -0.3 is 15.5 Å². The molecule has 1 aromatic carbocycles. The van der Waals surface area contributed by atoms with Gasteiger partial charge in [0.15, 0.2) is 11.9 Å². The van der Waals surface area contributed by atoms with Gasteiger partial charge >= 0.3 is 6.18 Å². The number of benzene rings is 1. The normalized spacial score (nSPS) is 16.3. The van der Waals surface area contributed by atoms with E-state index in [0.717, 1.165) is 10.8 Å². The van der Waals surface area contributed by atoms with Gasteiger partial charge in [-0.25, -0.2) is 18.6 Å². The molecule has 1 atom stereocenters. The molecule has 3 aromatic heterocycles. The van der Waals surface area contributed by atoms with Crippen molar-refractivity contribution in [3.8, 4) is 22.5 Å². The summed E-state index contributed by atoms with van der Waals surface area (Å²) in [5.41, 5.74) is 6.25. The molecule has 4 heterocycles. The fraction of sp³-hybridized carbons (Fsp3) is 0.296. The van der Waals surface area contributed by atoms with E-state index >= 15 is 4.39 Å². The van der Waals surface area contributed by atoms with Crippen molar-refractivity contribution in [2.24, 2.45) is 0 Å². The molecule has 1 saturated heterocycles. The van der Waals surface area contributed by atoms with Gasteiger partial charge in [0.05, 0.1) is 17.1 Å². The number of amides is 2. The van der Waals surface area contributed by atoms with Crippen molar-refractivity contribution in [1.29, 1.82) is 0 Å². The van der Waals surface area contributed by atoms with Crippen molar-refractivity contribution in [1.82, 2.24) is 29.3 Å². The topological polar surface area (TPSA) is 115 Å². The van der Waals surface area contributed by atoms with E-state index in [1.54, 1.807) is 19.9 Å². The number of alkyl halides is 3. The van der Waals surface area contributed by atoms with Crippen LogP contribution in [0, 0.1) is 5.82 Å². The molecular formula is C27H26F4N8O2. The fourth-order valence-corrected chi connectivity index (χ4v) is 5.28. The molecule has 0 unspecified atom stereocenters. The number of allylic oxidation sites excluding steroid dienone is 1. The lowest BCUT2D eigenvalue weighted by Gasteiger charge is -2.45. The van der Waals surface area contributed by atoms with Crippen molar-refractivity contribution >= 4 is 28.8 Å². The molecule has 1 fully saturated rings. The summed E-state index contributed by atoms with van der Waals surface area (Å²) < 4.78 is 58.7. The van der Waals surface area contributed by atoms with Gasteiger partial charge in [0.1, 0.15) is 23.2 Å². The van der Waals surface area contributed by atoms with E-state index < -0.39 is 29.5 Å².